The van der Waals surface area contributed by atoms with Gasteiger partial charge < -0.3 is 15.0 Å². The van der Waals surface area contributed by atoms with Crippen molar-refractivity contribution in [3.05, 3.63) is 41.7 Å². The van der Waals surface area contributed by atoms with Crippen LogP contribution in [0.1, 0.15) is 16.1 Å². The lowest BCUT2D eigenvalue weighted by molar-refractivity contribution is 0.0790. The van der Waals surface area contributed by atoms with Gasteiger partial charge in [0.05, 0.1) is 7.11 Å². The van der Waals surface area contributed by atoms with E-state index in [-0.39, 0.29) is 5.91 Å². The number of nitrogens with one attached hydrogen (secondary N) is 1. The second kappa shape index (κ2) is 7.09. The molecule has 6 nitrogen and oxygen atoms in total. The summed E-state index contributed by atoms with van der Waals surface area (Å²) in [6, 6.07) is 7.57. The van der Waals surface area contributed by atoms with E-state index in [4.69, 9.17) is 4.74 Å². The zero-order valence-corrected chi connectivity index (χ0v) is 13.5. The monoisotopic (exact) mass is 302 g/mol. The van der Waals surface area contributed by atoms with Crippen molar-refractivity contribution in [2.24, 2.45) is 0 Å². The highest BCUT2D eigenvalue weighted by Gasteiger charge is 2.16. The van der Waals surface area contributed by atoms with Gasteiger partial charge in [0.2, 0.25) is 0 Å². The number of likely N-dealkylation sites (N-methyl/N-ethyl adjacent to an activating group) is 2. The number of amides is 1. The van der Waals surface area contributed by atoms with Gasteiger partial charge in [0.1, 0.15) is 11.4 Å². The van der Waals surface area contributed by atoms with E-state index in [1.807, 2.05) is 32.2 Å². The van der Waals surface area contributed by atoms with Crippen LogP contribution >= 0.6 is 0 Å². The van der Waals surface area contributed by atoms with Crippen LogP contribution in [0.2, 0.25) is 0 Å². The van der Waals surface area contributed by atoms with Crippen molar-refractivity contribution in [1.29, 1.82) is 0 Å². The first-order valence-electron chi connectivity index (χ1n) is 7.17. The molecule has 0 atom stereocenters. The zero-order valence-electron chi connectivity index (χ0n) is 13.5. The Hall–Kier alpha value is -2.34. The lowest BCUT2D eigenvalue weighted by Crippen LogP contribution is -2.33. The molecule has 1 heterocycles. The van der Waals surface area contributed by atoms with Crippen molar-refractivity contribution in [3.8, 4) is 11.4 Å². The van der Waals surface area contributed by atoms with E-state index >= 15 is 0 Å². The molecule has 0 spiro atoms. The quantitative estimate of drug-likeness (QED) is 0.878. The smallest absolute Gasteiger partial charge is 0.274 e. The van der Waals surface area contributed by atoms with E-state index in [1.165, 1.54) is 0 Å². The maximum Gasteiger partial charge on any atom is 0.274 e. The first-order chi connectivity index (χ1) is 10.6. The molecule has 0 unspecified atom stereocenters. The van der Waals surface area contributed by atoms with Crippen LogP contribution in [-0.2, 0) is 0 Å². The second-order valence-electron chi connectivity index (χ2n) is 5.15. The van der Waals surface area contributed by atoms with Gasteiger partial charge in [-0.2, -0.15) is 5.10 Å². The summed E-state index contributed by atoms with van der Waals surface area (Å²) in [5, 5.41) is 7.41. The van der Waals surface area contributed by atoms with Gasteiger partial charge in [-0.15, -0.1) is 0 Å². The van der Waals surface area contributed by atoms with Gasteiger partial charge in [-0.25, -0.2) is 4.68 Å². The highest BCUT2D eigenvalue weighted by Crippen LogP contribution is 2.23. The summed E-state index contributed by atoms with van der Waals surface area (Å²) in [4.78, 5) is 14.0. The van der Waals surface area contributed by atoms with Gasteiger partial charge in [0.15, 0.2) is 5.69 Å². The fraction of sp³-hybridized carbons (Fsp3) is 0.375. The predicted molar refractivity (Wildman–Crippen MR) is 85.7 cm³/mol. The standard InChI is InChI=1S/C16H22N4O2/c1-12-5-6-15(22-4)14(11-12)20-9-7-13(18-20)16(21)19(3)10-8-17-2/h5-7,9,11,17H,8,10H2,1-4H3. The Morgan fingerprint density at radius 1 is 1.41 bits per heavy atom. The third-order valence-corrected chi connectivity index (χ3v) is 3.43. The number of hydrogen-bond donors (Lipinski definition) is 1. The number of carbonyl (C=O) groups is 1. The molecular formula is C16H22N4O2. The van der Waals surface area contributed by atoms with Crippen LogP contribution in [0.15, 0.2) is 30.5 Å². The van der Waals surface area contributed by atoms with Crippen molar-refractivity contribution in [3.63, 3.8) is 0 Å². The summed E-state index contributed by atoms with van der Waals surface area (Å²) >= 11 is 0. The Morgan fingerprint density at radius 2 is 2.18 bits per heavy atom. The largest absolute Gasteiger partial charge is 0.494 e. The first-order valence-corrected chi connectivity index (χ1v) is 7.17. The molecule has 118 valence electrons. The number of aromatic nitrogens is 2. The van der Waals surface area contributed by atoms with Crippen molar-refractivity contribution in [2.45, 2.75) is 6.92 Å². The van der Waals surface area contributed by atoms with Gasteiger partial charge in [0.25, 0.3) is 5.91 Å². The molecule has 2 aromatic rings. The summed E-state index contributed by atoms with van der Waals surface area (Å²) < 4.78 is 7.03. The molecule has 0 radical (unpaired) electrons. The number of carbonyl (C=O) groups excluding carboxylic acids is 1. The van der Waals surface area contributed by atoms with Crippen LogP contribution in [0.3, 0.4) is 0 Å². The Morgan fingerprint density at radius 3 is 2.86 bits per heavy atom. The van der Waals surface area contributed by atoms with Gasteiger partial charge in [0, 0.05) is 26.3 Å². The number of rotatable bonds is 6. The summed E-state index contributed by atoms with van der Waals surface area (Å²) in [5.74, 6) is 0.622. The van der Waals surface area contributed by atoms with Crippen molar-refractivity contribution < 1.29 is 9.53 Å². The van der Waals surface area contributed by atoms with Crippen molar-refractivity contribution in [1.82, 2.24) is 20.0 Å². The lowest BCUT2D eigenvalue weighted by atomic mass is 10.2. The molecule has 1 aromatic heterocycles. The molecule has 1 aromatic carbocycles. The average molecular weight is 302 g/mol. The van der Waals surface area contributed by atoms with Gasteiger partial charge in [-0.05, 0) is 37.7 Å². The normalized spacial score (nSPS) is 10.5. The molecule has 0 bridgehead atoms. The summed E-state index contributed by atoms with van der Waals surface area (Å²) in [6.45, 7) is 3.38. The van der Waals surface area contributed by atoms with Crippen LogP contribution < -0.4 is 10.1 Å². The Kier molecular flexibility index (Phi) is 5.16. The molecule has 0 aliphatic heterocycles. The number of hydrogen-bond acceptors (Lipinski definition) is 4. The lowest BCUT2D eigenvalue weighted by Gasteiger charge is -2.15. The van der Waals surface area contributed by atoms with E-state index in [0.29, 0.717) is 12.2 Å². The Bertz CT molecular complexity index is 651. The van der Waals surface area contributed by atoms with Crippen LogP contribution in [0.25, 0.3) is 5.69 Å². The molecule has 1 N–H and O–H groups in total. The minimum Gasteiger partial charge on any atom is -0.494 e. The second-order valence-corrected chi connectivity index (χ2v) is 5.15. The first kappa shape index (κ1) is 16.0. The predicted octanol–water partition coefficient (Wildman–Crippen LogP) is 1.48. The Labute approximate surface area is 130 Å². The van der Waals surface area contributed by atoms with Crippen molar-refractivity contribution >= 4 is 5.91 Å². The number of aryl methyl sites for hydroxylation is 1. The van der Waals surface area contributed by atoms with E-state index < -0.39 is 0 Å². The van der Waals surface area contributed by atoms with E-state index in [2.05, 4.69) is 10.4 Å². The number of ether oxygens (including phenoxy) is 1. The fourth-order valence-corrected chi connectivity index (χ4v) is 2.13. The molecule has 1 amide bonds. The highest BCUT2D eigenvalue weighted by molar-refractivity contribution is 5.92. The number of methoxy groups -OCH3 is 1. The third-order valence-electron chi connectivity index (χ3n) is 3.43. The average Bonchev–Trinajstić information content (AvgIpc) is 3.01. The SMILES string of the molecule is CNCCN(C)C(=O)c1ccn(-c2cc(C)ccc2OC)n1. The molecule has 0 aliphatic carbocycles. The van der Waals surface area contributed by atoms with Gasteiger partial charge in [-0.3, -0.25) is 4.79 Å². The summed E-state index contributed by atoms with van der Waals surface area (Å²) in [5.41, 5.74) is 2.34. The van der Waals surface area contributed by atoms with Gasteiger partial charge >= 0.3 is 0 Å². The van der Waals surface area contributed by atoms with E-state index in [9.17, 15) is 4.79 Å². The maximum absolute atomic E-state index is 12.3. The fourth-order valence-electron chi connectivity index (χ4n) is 2.13. The van der Waals surface area contributed by atoms with Crippen LogP contribution in [-0.4, -0.2) is 54.9 Å². The zero-order chi connectivity index (χ0) is 16.1. The summed E-state index contributed by atoms with van der Waals surface area (Å²) in [6.07, 6.45) is 1.77. The summed E-state index contributed by atoms with van der Waals surface area (Å²) in [7, 11) is 5.25. The minimum absolute atomic E-state index is 0.0966. The molecule has 6 heteroatoms. The van der Waals surface area contributed by atoms with Crippen LogP contribution in [0.4, 0.5) is 0 Å². The van der Waals surface area contributed by atoms with E-state index in [1.54, 1.807) is 36.0 Å². The van der Waals surface area contributed by atoms with Crippen LogP contribution in [0, 0.1) is 6.92 Å². The molecule has 0 saturated heterocycles. The molecule has 0 aliphatic rings. The third kappa shape index (κ3) is 3.46. The molecule has 0 saturated carbocycles. The van der Waals surface area contributed by atoms with Crippen molar-refractivity contribution in [2.75, 3.05) is 34.3 Å². The maximum atomic E-state index is 12.3. The molecule has 2 rings (SSSR count). The van der Waals surface area contributed by atoms with Crippen LogP contribution in [0.5, 0.6) is 5.75 Å². The molecular weight excluding hydrogens is 280 g/mol. The van der Waals surface area contributed by atoms with Gasteiger partial charge in [-0.1, -0.05) is 6.07 Å². The topological polar surface area (TPSA) is 59.4 Å². The minimum atomic E-state index is -0.0966. The molecule has 0 fully saturated rings. The van der Waals surface area contributed by atoms with E-state index in [0.717, 1.165) is 23.5 Å². The number of benzene rings is 1. The Balaban J connectivity index is 2.25. The number of nitrogens with zero attached hydrogens (tertiary/aromatic N) is 3. The molecule has 22 heavy (non-hydrogen) atoms. The highest BCUT2D eigenvalue weighted by atomic mass is 16.5.